The number of hydrogen-bond donors (Lipinski definition) is 0. The Morgan fingerprint density at radius 3 is 2.28 bits per heavy atom. The monoisotopic (exact) mass is 502 g/mol. The molecule has 0 N–H and O–H groups in total. The molecule has 3 aromatic carbocycles. The molecule has 0 aliphatic carbocycles. The Balaban J connectivity index is 1.40. The van der Waals surface area contributed by atoms with Crippen molar-refractivity contribution in [2.45, 2.75) is 38.7 Å². The highest BCUT2D eigenvalue weighted by Gasteiger charge is 2.25. The van der Waals surface area contributed by atoms with Gasteiger partial charge in [0.25, 0.3) is 0 Å². The highest BCUT2D eigenvalue weighted by molar-refractivity contribution is 5.66. The second-order valence-electron chi connectivity index (χ2n) is 8.86. The summed E-state index contributed by atoms with van der Waals surface area (Å²) in [6.07, 6.45) is 3.57. The lowest BCUT2D eigenvalue weighted by Gasteiger charge is -2.29. The average molecular weight is 503 g/mol. The SMILES string of the molecule is C=Cc1ccc(C2CCC(CCc3ccc(-c4ccc(OCC)c(F)c4F)c(F)c3F)CO2)cc1F. The molecular weight excluding hydrogens is 475 g/mol. The van der Waals surface area contributed by atoms with Crippen LogP contribution >= 0.6 is 0 Å². The van der Waals surface area contributed by atoms with Crippen LogP contribution in [0.4, 0.5) is 22.0 Å². The van der Waals surface area contributed by atoms with Crippen LogP contribution in [-0.4, -0.2) is 13.2 Å². The lowest BCUT2D eigenvalue weighted by molar-refractivity contribution is -0.0194. The maximum absolute atomic E-state index is 14.8. The van der Waals surface area contributed by atoms with Crippen molar-refractivity contribution >= 4 is 6.08 Å². The van der Waals surface area contributed by atoms with E-state index >= 15 is 0 Å². The van der Waals surface area contributed by atoms with Gasteiger partial charge in [-0.15, -0.1) is 0 Å². The van der Waals surface area contributed by atoms with E-state index in [1.165, 1.54) is 36.4 Å². The summed E-state index contributed by atoms with van der Waals surface area (Å²) in [5.41, 5.74) is 0.631. The van der Waals surface area contributed by atoms with E-state index in [2.05, 4.69) is 6.58 Å². The Hall–Kier alpha value is -3.19. The van der Waals surface area contributed by atoms with E-state index < -0.39 is 23.3 Å². The lowest BCUT2D eigenvalue weighted by Crippen LogP contribution is -2.21. The zero-order chi connectivity index (χ0) is 25.8. The molecule has 4 rings (SSSR count). The summed E-state index contributed by atoms with van der Waals surface area (Å²) in [5, 5.41) is 0. The van der Waals surface area contributed by atoms with Gasteiger partial charge in [-0.05, 0) is 67.9 Å². The van der Waals surface area contributed by atoms with E-state index in [1.54, 1.807) is 13.0 Å². The molecule has 2 unspecified atom stereocenters. The molecule has 3 aromatic rings. The Morgan fingerprint density at radius 2 is 1.64 bits per heavy atom. The first kappa shape index (κ1) is 25.9. The maximum atomic E-state index is 14.8. The van der Waals surface area contributed by atoms with Gasteiger partial charge in [-0.3, -0.25) is 0 Å². The molecule has 0 spiro atoms. The molecule has 0 radical (unpaired) electrons. The van der Waals surface area contributed by atoms with Crippen LogP contribution < -0.4 is 4.74 Å². The molecule has 1 saturated heterocycles. The number of halogens is 5. The summed E-state index contributed by atoms with van der Waals surface area (Å²) in [6, 6.07) is 9.99. The molecule has 7 heteroatoms. The lowest BCUT2D eigenvalue weighted by atomic mass is 9.89. The molecule has 2 atom stereocenters. The fourth-order valence-electron chi connectivity index (χ4n) is 4.56. The minimum absolute atomic E-state index is 0.137. The first-order valence-corrected chi connectivity index (χ1v) is 12.0. The summed E-state index contributed by atoms with van der Waals surface area (Å²) in [6.45, 7) is 5.77. The third-order valence-electron chi connectivity index (χ3n) is 6.61. The van der Waals surface area contributed by atoms with E-state index in [-0.39, 0.29) is 53.3 Å². The van der Waals surface area contributed by atoms with Gasteiger partial charge in [0.15, 0.2) is 23.2 Å². The Morgan fingerprint density at radius 1 is 0.917 bits per heavy atom. The third-order valence-corrected chi connectivity index (χ3v) is 6.61. The smallest absolute Gasteiger partial charge is 0.201 e. The van der Waals surface area contributed by atoms with E-state index in [4.69, 9.17) is 9.47 Å². The molecule has 1 heterocycles. The Bertz CT molecular complexity index is 1250. The van der Waals surface area contributed by atoms with Crippen LogP contribution in [0.1, 0.15) is 49.0 Å². The quantitative estimate of drug-likeness (QED) is 0.289. The van der Waals surface area contributed by atoms with Crippen LogP contribution in [0, 0.1) is 35.0 Å². The Labute approximate surface area is 207 Å². The van der Waals surface area contributed by atoms with Crippen molar-refractivity contribution in [3.05, 3.63) is 94.8 Å². The number of rotatable bonds is 8. The van der Waals surface area contributed by atoms with Gasteiger partial charge in [-0.25, -0.2) is 17.6 Å². The van der Waals surface area contributed by atoms with E-state index in [1.807, 2.05) is 6.07 Å². The van der Waals surface area contributed by atoms with Gasteiger partial charge in [-0.1, -0.05) is 36.9 Å². The minimum atomic E-state index is -1.29. The number of hydrogen-bond acceptors (Lipinski definition) is 2. The second-order valence-corrected chi connectivity index (χ2v) is 8.86. The average Bonchev–Trinajstić information content (AvgIpc) is 2.88. The van der Waals surface area contributed by atoms with Gasteiger partial charge >= 0.3 is 0 Å². The Kier molecular flexibility index (Phi) is 8.09. The maximum Gasteiger partial charge on any atom is 0.201 e. The van der Waals surface area contributed by atoms with Crippen molar-refractivity contribution in [3.63, 3.8) is 0 Å². The molecule has 1 fully saturated rings. The van der Waals surface area contributed by atoms with E-state index in [0.717, 1.165) is 12.0 Å². The molecule has 1 aliphatic heterocycles. The van der Waals surface area contributed by atoms with Crippen molar-refractivity contribution in [2.75, 3.05) is 13.2 Å². The zero-order valence-electron chi connectivity index (χ0n) is 19.9. The fraction of sp³-hybridized carbons (Fsp3) is 0.310. The summed E-state index contributed by atoms with van der Waals surface area (Å²) in [7, 11) is 0. The topological polar surface area (TPSA) is 18.5 Å². The number of ether oxygens (including phenoxy) is 2. The first-order valence-electron chi connectivity index (χ1n) is 12.0. The molecule has 0 saturated carbocycles. The highest BCUT2D eigenvalue weighted by atomic mass is 19.2. The van der Waals surface area contributed by atoms with Crippen molar-refractivity contribution in [2.24, 2.45) is 5.92 Å². The van der Waals surface area contributed by atoms with Gasteiger partial charge in [0.05, 0.1) is 19.3 Å². The number of benzene rings is 3. The van der Waals surface area contributed by atoms with Crippen LogP contribution in [0.25, 0.3) is 17.2 Å². The molecule has 2 nitrogen and oxygen atoms in total. The molecular formula is C29H27F5O2. The summed E-state index contributed by atoms with van der Waals surface area (Å²) >= 11 is 0. The molecule has 1 aliphatic rings. The first-order chi connectivity index (χ1) is 17.3. The third kappa shape index (κ3) is 5.31. The molecule has 0 bridgehead atoms. The largest absolute Gasteiger partial charge is 0.491 e. The normalized spacial score (nSPS) is 17.7. The summed E-state index contributed by atoms with van der Waals surface area (Å²) < 4.78 is 83.4. The summed E-state index contributed by atoms with van der Waals surface area (Å²) in [4.78, 5) is 0. The van der Waals surface area contributed by atoms with Crippen LogP contribution in [0.3, 0.4) is 0 Å². The standard InChI is InChI=1S/C29H27F5O2/c1-3-18-8-9-20(15-23(18)30)24-13-6-17(16-36-24)5-7-19-10-11-21(27(32)26(19)31)22-12-14-25(35-4-2)29(34)28(22)33/h3,8-12,14-15,17,24H,1,4-7,13,16H2,2H3. The fourth-order valence-corrected chi connectivity index (χ4v) is 4.56. The number of aryl methyl sites for hydroxylation is 1. The van der Waals surface area contributed by atoms with Gasteiger partial charge in [0, 0.05) is 16.7 Å². The van der Waals surface area contributed by atoms with Crippen molar-refractivity contribution in [3.8, 4) is 16.9 Å². The molecule has 190 valence electrons. The van der Waals surface area contributed by atoms with Crippen LogP contribution in [0.5, 0.6) is 5.75 Å². The van der Waals surface area contributed by atoms with Crippen molar-refractivity contribution < 1.29 is 31.4 Å². The van der Waals surface area contributed by atoms with Crippen molar-refractivity contribution in [1.29, 1.82) is 0 Å². The molecule has 0 aromatic heterocycles. The predicted octanol–water partition coefficient (Wildman–Crippen LogP) is 8.19. The van der Waals surface area contributed by atoms with E-state index in [0.29, 0.717) is 25.0 Å². The van der Waals surface area contributed by atoms with Gasteiger partial charge in [0.1, 0.15) is 5.82 Å². The summed E-state index contributed by atoms with van der Waals surface area (Å²) in [5.74, 6) is -5.32. The highest BCUT2D eigenvalue weighted by Crippen LogP contribution is 2.35. The molecule has 0 amide bonds. The zero-order valence-corrected chi connectivity index (χ0v) is 19.9. The second kappa shape index (κ2) is 11.2. The van der Waals surface area contributed by atoms with Gasteiger partial charge in [0.2, 0.25) is 5.82 Å². The van der Waals surface area contributed by atoms with Gasteiger partial charge < -0.3 is 9.47 Å². The van der Waals surface area contributed by atoms with Gasteiger partial charge in [-0.2, -0.15) is 4.39 Å². The molecule has 36 heavy (non-hydrogen) atoms. The van der Waals surface area contributed by atoms with Crippen LogP contribution in [0.15, 0.2) is 49.0 Å². The van der Waals surface area contributed by atoms with Crippen molar-refractivity contribution in [1.82, 2.24) is 0 Å². The van der Waals surface area contributed by atoms with E-state index in [9.17, 15) is 22.0 Å². The van der Waals surface area contributed by atoms with Crippen LogP contribution in [0.2, 0.25) is 0 Å². The minimum Gasteiger partial charge on any atom is -0.491 e. The van der Waals surface area contributed by atoms with Crippen LogP contribution in [-0.2, 0) is 11.2 Å². The predicted molar refractivity (Wildman–Crippen MR) is 129 cm³/mol.